The second-order valence-corrected chi connectivity index (χ2v) is 9.01. The lowest BCUT2D eigenvalue weighted by Gasteiger charge is -2.27. The zero-order valence-electron chi connectivity index (χ0n) is 21.1. The highest BCUT2D eigenvalue weighted by Crippen LogP contribution is 2.35. The van der Waals surface area contributed by atoms with Gasteiger partial charge in [-0.2, -0.15) is 0 Å². The Morgan fingerprint density at radius 2 is 2.00 bits per heavy atom. The summed E-state index contributed by atoms with van der Waals surface area (Å²) < 4.78 is 11.8. The van der Waals surface area contributed by atoms with Crippen LogP contribution in [0.2, 0.25) is 0 Å². The molecule has 0 saturated carbocycles. The van der Waals surface area contributed by atoms with Gasteiger partial charge in [0.25, 0.3) is 0 Å². The average Bonchev–Trinajstić information content (AvgIpc) is 2.91. The molecule has 3 heterocycles. The molecule has 1 aromatic carbocycles. The van der Waals surface area contributed by atoms with Crippen LogP contribution in [0.5, 0.6) is 5.75 Å². The van der Waals surface area contributed by atoms with Crippen LogP contribution in [-0.4, -0.2) is 70.1 Å². The minimum atomic E-state index is -0.0806. The zero-order chi connectivity index (χ0) is 25.3. The molecule has 3 N–H and O–H groups in total. The SMILES string of the molecule is CCCOCc1ncc(-c2ccc3ncc(N)nc3c2OCCCN(C)C(=O)[C@@H]2CCCCN2)cn1. The molecule has 0 radical (unpaired) electrons. The fourth-order valence-electron chi connectivity index (χ4n) is 4.23. The number of amides is 1. The molecule has 1 aliphatic rings. The number of carbonyl (C=O) groups excluding carboxylic acids is 1. The first-order chi connectivity index (χ1) is 17.6. The first-order valence-electron chi connectivity index (χ1n) is 12.6. The van der Waals surface area contributed by atoms with Crippen LogP contribution >= 0.6 is 0 Å². The number of nitrogens with one attached hydrogen (secondary N) is 1. The number of nitrogens with zero attached hydrogens (tertiary/aromatic N) is 5. The lowest BCUT2D eigenvalue weighted by molar-refractivity contribution is -0.132. The number of anilines is 1. The second-order valence-electron chi connectivity index (χ2n) is 9.01. The van der Waals surface area contributed by atoms with E-state index in [4.69, 9.17) is 15.2 Å². The van der Waals surface area contributed by atoms with Crippen LogP contribution in [-0.2, 0) is 16.1 Å². The highest BCUT2D eigenvalue weighted by atomic mass is 16.5. The maximum Gasteiger partial charge on any atom is 0.239 e. The summed E-state index contributed by atoms with van der Waals surface area (Å²) in [5.74, 6) is 1.65. The monoisotopic (exact) mass is 493 g/mol. The molecule has 3 aromatic rings. The van der Waals surface area contributed by atoms with Crippen LogP contribution in [0.4, 0.5) is 5.82 Å². The molecule has 1 fully saturated rings. The molecule has 10 heteroatoms. The highest BCUT2D eigenvalue weighted by molar-refractivity contribution is 5.90. The molecular weight excluding hydrogens is 458 g/mol. The van der Waals surface area contributed by atoms with Gasteiger partial charge in [-0.05, 0) is 44.4 Å². The summed E-state index contributed by atoms with van der Waals surface area (Å²) in [5, 5.41) is 3.32. The molecule has 2 aromatic heterocycles. The molecule has 1 aliphatic heterocycles. The van der Waals surface area contributed by atoms with E-state index in [1.54, 1.807) is 17.3 Å². The smallest absolute Gasteiger partial charge is 0.239 e. The van der Waals surface area contributed by atoms with Gasteiger partial charge in [-0.3, -0.25) is 9.78 Å². The van der Waals surface area contributed by atoms with E-state index in [0.717, 1.165) is 43.4 Å². The van der Waals surface area contributed by atoms with Gasteiger partial charge in [-0.25, -0.2) is 15.0 Å². The van der Waals surface area contributed by atoms with Crippen molar-refractivity contribution in [2.24, 2.45) is 0 Å². The van der Waals surface area contributed by atoms with E-state index in [-0.39, 0.29) is 11.9 Å². The number of ether oxygens (including phenoxy) is 2. The van der Waals surface area contributed by atoms with Gasteiger partial charge in [0.15, 0.2) is 11.6 Å². The van der Waals surface area contributed by atoms with Gasteiger partial charge in [0, 0.05) is 43.7 Å². The molecule has 36 heavy (non-hydrogen) atoms. The third kappa shape index (κ3) is 6.44. The van der Waals surface area contributed by atoms with Gasteiger partial charge >= 0.3 is 0 Å². The predicted octanol–water partition coefficient (Wildman–Crippen LogP) is 2.97. The number of likely N-dealkylation sites (N-methyl/N-ethyl adjacent to an activating group) is 1. The van der Waals surface area contributed by atoms with Crippen LogP contribution in [0.1, 0.15) is 44.9 Å². The quantitative estimate of drug-likeness (QED) is 0.387. The largest absolute Gasteiger partial charge is 0.491 e. The zero-order valence-corrected chi connectivity index (χ0v) is 21.1. The van der Waals surface area contributed by atoms with E-state index in [0.29, 0.717) is 61.2 Å². The summed E-state index contributed by atoms with van der Waals surface area (Å²) in [6, 6.07) is 3.73. The summed E-state index contributed by atoms with van der Waals surface area (Å²) in [6.07, 6.45) is 9.77. The van der Waals surface area contributed by atoms with Gasteiger partial charge in [-0.15, -0.1) is 0 Å². The summed E-state index contributed by atoms with van der Waals surface area (Å²) in [4.78, 5) is 32.2. The third-order valence-electron chi connectivity index (χ3n) is 6.15. The predicted molar refractivity (Wildman–Crippen MR) is 138 cm³/mol. The Bertz CT molecular complexity index is 1150. The summed E-state index contributed by atoms with van der Waals surface area (Å²) in [7, 11) is 1.84. The van der Waals surface area contributed by atoms with Gasteiger partial charge in [-0.1, -0.05) is 13.3 Å². The van der Waals surface area contributed by atoms with E-state index < -0.39 is 0 Å². The molecule has 10 nitrogen and oxygen atoms in total. The molecule has 1 amide bonds. The molecule has 0 spiro atoms. The minimum absolute atomic E-state index is 0.0806. The van der Waals surface area contributed by atoms with Crippen molar-refractivity contribution in [1.29, 1.82) is 0 Å². The Morgan fingerprint density at radius 3 is 2.75 bits per heavy atom. The number of piperidine rings is 1. The minimum Gasteiger partial charge on any atom is -0.491 e. The molecular formula is C26H35N7O3. The number of nitrogens with two attached hydrogens (primary N) is 1. The fourth-order valence-corrected chi connectivity index (χ4v) is 4.23. The van der Waals surface area contributed by atoms with Crippen LogP contribution in [0.25, 0.3) is 22.2 Å². The van der Waals surface area contributed by atoms with E-state index in [9.17, 15) is 4.79 Å². The number of carbonyl (C=O) groups is 1. The van der Waals surface area contributed by atoms with Crippen LogP contribution < -0.4 is 15.8 Å². The molecule has 0 unspecified atom stereocenters. The van der Waals surface area contributed by atoms with Gasteiger partial charge in [0.1, 0.15) is 17.9 Å². The molecule has 192 valence electrons. The number of hydrogen-bond acceptors (Lipinski definition) is 9. The normalized spacial score (nSPS) is 15.7. The van der Waals surface area contributed by atoms with Crippen LogP contribution in [0.3, 0.4) is 0 Å². The molecule has 0 bridgehead atoms. The van der Waals surface area contributed by atoms with Gasteiger partial charge in [0.2, 0.25) is 5.91 Å². The first-order valence-corrected chi connectivity index (χ1v) is 12.6. The summed E-state index contributed by atoms with van der Waals surface area (Å²) in [5.41, 5.74) is 8.81. The van der Waals surface area contributed by atoms with Crippen LogP contribution in [0, 0.1) is 0 Å². The van der Waals surface area contributed by atoms with Gasteiger partial charge in [0.05, 0.1) is 24.4 Å². The Hall–Kier alpha value is -3.37. The maximum atomic E-state index is 12.7. The number of fused-ring (bicyclic) bond motifs is 1. The van der Waals surface area contributed by atoms with Gasteiger partial charge < -0.3 is 25.4 Å². The van der Waals surface area contributed by atoms with Crippen molar-refractivity contribution in [2.45, 2.75) is 51.7 Å². The lowest BCUT2D eigenvalue weighted by Crippen LogP contribution is -2.47. The average molecular weight is 494 g/mol. The van der Waals surface area contributed by atoms with E-state index >= 15 is 0 Å². The highest BCUT2D eigenvalue weighted by Gasteiger charge is 2.23. The van der Waals surface area contributed by atoms with Crippen molar-refractivity contribution < 1.29 is 14.3 Å². The number of hydrogen-bond donors (Lipinski definition) is 2. The van der Waals surface area contributed by atoms with E-state index in [2.05, 4.69) is 32.2 Å². The molecule has 1 atom stereocenters. The van der Waals surface area contributed by atoms with Crippen molar-refractivity contribution in [2.75, 3.05) is 39.1 Å². The molecule has 0 aliphatic carbocycles. The van der Waals surface area contributed by atoms with E-state index in [1.807, 2.05) is 19.2 Å². The second kappa shape index (κ2) is 12.5. The number of nitrogen functional groups attached to an aromatic ring is 1. The number of aromatic nitrogens is 4. The standard InChI is InChI=1S/C26H35N7O3/c1-3-12-35-17-23-30-14-18(15-31-23)19-8-9-20-24(32-22(27)16-29-20)25(19)36-13-6-11-33(2)26(34)21-7-4-5-10-28-21/h8-9,14-16,21,28H,3-7,10-13,17H2,1-2H3,(H2,27,32)/t21-/m0/s1. The Morgan fingerprint density at radius 1 is 1.17 bits per heavy atom. The Balaban J connectivity index is 1.47. The molecule has 4 rings (SSSR count). The summed E-state index contributed by atoms with van der Waals surface area (Å²) >= 11 is 0. The maximum absolute atomic E-state index is 12.7. The van der Waals surface area contributed by atoms with Crippen molar-refractivity contribution in [1.82, 2.24) is 30.2 Å². The third-order valence-corrected chi connectivity index (χ3v) is 6.15. The van der Waals surface area contributed by atoms with E-state index in [1.165, 1.54) is 6.20 Å². The van der Waals surface area contributed by atoms with Crippen molar-refractivity contribution in [3.8, 4) is 16.9 Å². The van der Waals surface area contributed by atoms with Crippen molar-refractivity contribution in [3.05, 3.63) is 36.5 Å². The first kappa shape index (κ1) is 25.7. The van der Waals surface area contributed by atoms with Crippen molar-refractivity contribution >= 4 is 22.8 Å². The topological polar surface area (TPSA) is 128 Å². The Kier molecular flexibility index (Phi) is 8.96. The fraction of sp³-hybridized carbons (Fsp3) is 0.500. The molecule has 1 saturated heterocycles. The number of rotatable bonds is 11. The van der Waals surface area contributed by atoms with Crippen molar-refractivity contribution in [3.63, 3.8) is 0 Å². The summed E-state index contributed by atoms with van der Waals surface area (Å²) in [6.45, 7) is 5.01. The lowest BCUT2D eigenvalue weighted by atomic mass is 10.0. The van der Waals surface area contributed by atoms with Crippen LogP contribution in [0.15, 0.2) is 30.7 Å². The Labute approximate surface area is 211 Å². The number of benzene rings is 1.